The number of likely N-dealkylation sites (tertiary alicyclic amines) is 1. The maximum atomic E-state index is 12.3. The summed E-state index contributed by atoms with van der Waals surface area (Å²) in [5.41, 5.74) is 7.05. The van der Waals surface area contributed by atoms with Gasteiger partial charge in [0.15, 0.2) is 0 Å². The van der Waals surface area contributed by atoms with Gasteiger partial charge < -0.3 is 16.0 Å². The summed E-state index contributed by atoms with van der Waals surface area (Å²) in [6.07, 6.45) is 3.28. The van der Waals surface area contributed by atoms with Gasteiger partial charge in [-0.25, -0.2) is 0 Å². The molecule has 1 atom stereocenters. The van der Waals surface area contributed by atoms with Gasteiger partial charge in [-0.3, -0.25) is 9.59 Å². The molecule has 3 N–H and O–H groups in total. The number of nitrogens with two attached hydrogens (primary N) is 1. The lowest BCUT2D eigenvalue weighted by Gasteiger charge is -2.29. The lowest BCUT2D eigenvalue weighted by atomic mass is 10.1. The first-order valence-corrected chi connectivity index (χ1v) is 7.50. The number of amides is 2. The van der Waals surface area contributed by atoms with Crippen molar-refractivity contribution in [2.75, 3.05) is 13.1 Å². The standard InChI is InChI=1S/C16H23N3O2.ClH/c1-12(16(21)19-9-3-2-4-10-19)18-15(20)14-7-5-13(11-17)6-8-14;/h5-8,12H,2-4,9-11,17H2,1H3,(H,18,20);1H. The van der Waals surface area contributed by atoms with E-state index >= 15 is 0 Å². The molecule has 0 bridgehead atoms. The molecule has 0 aliphatic carbocycles. The summed E-state index contributed by atoms with van der Waals surface area (Å²) in [5, 5.41) is 2.77. The lowest BCUT2D eigenvalue weighted by Crippen LogP contribution is -2.48. The van der Waals surface area contributed by atoms with Crippen LogP contribution in [-0.2, 0) is 11.3 Å². The summed E-state index contributed by atoms with van der Waals surface area (Å²) in [4.78, 5) is 26.2. The monoisotopic (exact) mass is 325 g/mol. The molecule has 6 heteroatoms. The molecule has 0 saturated carbocycles. The summed E-state index contributed by atoms with van der Waals surface area (Å²) in [6.45, 7) is 3.78. The zero-order valence-corrected chi connectivity index (χ0v) is 13.7. The number of carbonyl (C=O) groups excluding carboxylic acids is 2. The zero-order chi connectivity index (χ0) is 15.2. The number of carbonyl (C=O) groups is 2. The molecular formula is C16H24ClN3O2. The van der Waals surface area contributed by atoms with Gasteiger partial charge in [0.2, 0.25) is 5.91 Å². The molecule has 22 heavy (non-hydrogen) atoms. The first kappa shape index (κ1) is 18.5. The zero-order valence-electron chi connectivity index (χ0n) is 12.9. The average molecular weight is 326 g/mol. The first-order valence-electron chi connectivity index (χ1n) is 7.50. The van der Waals surface area contributed by atoms with Gasteiger partial charge in [0.1, 0.15) is 6.04 Å². The third kappa shape index (κ3) is 4.71. The molecule has 0 spiro atoms. The summed E-state index contributed by atoms with van der Waals surface area (Å²) in [5.74, 6) is -0.224. The second-order valence-corrected chi connectivity index (χ2v) is 5.48. The smallest absolute Gasteiger partial charge is 0.251 e. The van der Waals surface area contributed by atoms with Crippen LogP contribution >= 0.6 is 12.4 Å². The van der Waals surface area contributed by atoms with Crippen molar-refractivity contribution in [3.63, 3.8) is 0 Å². The summed E-state index contributed by atoms with van der Waals surface area (Å²) < 4.78 is 0. The molecule has 122 valence electrons. The van der Waals surface area contributed by atoms with E-state index in [-0.39, 0.29) is 24.2 Å². The number of halogens is 1. The van der Waals surface area contributed by atoms with Gasteiger partial charge in [0.25, 0.3) is 5.91 Å². The van der Waals surface area contributed by atoms with Gasteiger partial charge in [-0.2, -0.15) is 0 Å². The molecule has 2 amide bonds. The van der Waals surface area contributed by atoms with E-state index in [9.17, 15) is 9.59 Å². The number of nitrogens with zero attached hydrogens (tertiary/aromatic N) is 1. The van der Waals surface area contributed by atoms with E-state index in [0.717, 1.165) is 31.5 Å². The highest BCUT2D eigenvalue weighted by atomic mass is 35.5. The van der Waals surface area contributed by atoms with E-state index in [0.29, 0.717) is 12.1 Å². The number of hydrogen-bond donors (Lipinski definition) is 2. The SMILES string of the molecule is CC(NC(=O)c1ccc(CN)cc1)C(=O)N1CCCCC1.Cl. The van der Waals surface area contributed by atoms with Gasteiger partial charge in [-0.05, 0) is 43.9 Å². The Balaban J connectivity index is 0.00000242. The molecule has 1 fully saturated rings. The fraction of sp³-hybridized carbons (Fsp3) is 0.500. The molecule has 1 aliphatic heterocycles. The van der Waals surface area contributed by atoms with Gasteiger partial charge >= 0.3 is 0 Å². The maximum Gasteiger partial charge on any atom is 0.251 e. The third-order valence-corrected chi connectivity index (χ3v) is 3.84. The van der Waals surface area contributed by atoms with Crippen LogP contribution < -0.4 is 11.1 Å². The van der Waals surface area contributed by atoms with Crippen LogP contribution in [0, 0.1) is 0 Å². The van der Waals surface area contributed by atoms with Crippen molar-refractivity contribution in [1.82, 2.24) is 10.2 Å². The van der Waals surface area contributed by atoms with Crippen molar-refractivity contribution in [2.24, 2.45) is 5.73 Å². The van der Waals surface area contributed by atoms with E-state index in [1.165, 1.54) is 6.42 Å². The first-order chi connectivity index (χ1) is 10.1. The Kier molecular flexibility index (Phi) is 7.35. The van der Waals surface area contributed by atoms with E-state index in [2.05, 4.69) is 5.32 Å². The highest BCUT2D eigenvalue weighted by molar-refractivity contribution is 5.97. The van der Waals surface area contributed by atoms with Gasteiger partial charge in [-0.15, -0.1) is 12.4 Å². The number of piperidine rings is 1. The Bertz CT molecular complexity index is 499. The molecule has 0 aromatic heterocycles. The highest BCUT2D eigenvalue weighted by Gasteiger charge is 2.23. The Morgan fingerprint density at radius 3 is 2.32 bits per heavy atom. The van der Waals surface area contributed by atoms with Crippen LogP contribution in [-0.4, -0.2) is 35.8 Å². The molecule has 1 aromatic rings. The average Bonchev–Trinajstić information content (AvgIpc) is 2.55. The molecule has 1 saturated heterocycles. The largest absolute Gasteiger partial charge is 0.341 e. The number of benzene rings is 1. The molecule has 1 aromatic carbocycles. The van der Waals surface area contributed by atoms with Crippen molar-refractivity contribution < 1.29 is 9.59 Å². The molecule has 0 radical (unpaired) electrons. The van der Waals surface area contributed by atoms with Crippen LogP contribution in [0.4, 0.5) is 0 Å². The Hall–Kier alpha value is -1.59. The maximum absolute atomic E-state index is 12.3. The fourth-order valence-electron chi connectivity index (χ4n) is 2.52. The molecule has 1 heterocycles. The second-order valence-electron chi connectivity index (χ2n) is 5.48. The topological polar surface area (TPSA) is 75.4 Å². The number of hydrogen-bond acceptors (Lipinski definition) is 3. The van der Waals surface area contributed by atoms with Crippen molar-refractivity contribution in [3.8, 4) is 0 Å². The lowest BCUT2D eigenvalue weighted by molar-refractivity contribution is -0.133. The molecular weight excluding hydrogens is 302 g/mol. The highest BCUT2D eigenvalue weighted by Crippen LogP contribution is 2.10. The second kappa shape index (κ2) is 8.76. The van der Waals surface area contributed by atoms with E-state index in [4.69, 9.17) is 5.73 Å². The quantitative estimate of drug-likeness (QED) is 0.884. The normalized spacial score (nSPS) is 15.6. The van der Waals surface area contributed by atoms with E-state index in [1.807, 2.05) is 17.0 Å². The van der Waals surface area contributed by atoms with Crippen molar-refractivity contribution in [1.29, 1.82) is 0 Å². The minimum Gasteiger partial charge on any atom is -0.341 e. The third-order valence-electron chi connectivity index (χ3n) is 3.84. The van der Waals surface area contributed by atoms with Crippen LogP contribution in [0.1, 0.15) is 42.1 Å². The van der Waals surface area contributed by atoms with Crippen molar-refractivity contribution in [3.05, 3.63) is 35.4 Å². The van der Waals surface area contributed by atoms with Crippen LogP contribution in [0.3, 0.4) is 0 Å². The summed E-state index contributed by atoms with van der Waals surface area (Å²) >= 11 is 0. The summed E-state index contributed by atoms with van der Waals surface area (Å²) in [7, 11) is 0. The van der Waals surface area contributed by atoms with E-state index < -0.39 is 6.04 Å². The molecule has 5 nitrogen and oxygen atoms in total. The predicted molar refractivity (Wildman–Crippen MR) is 88.9 cm³/mol. The molecule has 1 aliphatic rings. The minimum absolute atomic E-state index is 0. The Labute approximate surface area is 137 Å². The molecule has 1 unspecified atom stereocenters. The Morgan fingerprint density at radius 2 is 1.77 bits per heavy atom. The predicted octanol–water partition coefficient (Wildman–Crippen LogP) is 1.70. The van der Waals surface area contributed by atoms with Crippen LogP contribution in [0.15, 0.2) is 24.3 Å². The van der Waals surface area contributed by atoms with Crippen LogP contribution in [0.5, 0.6) is 0 Å². The Morgan fingerprint density at radius 1 is 1.18 bits per heavy atom. The van der Waals surface area contributed by atoms with Gasteiger partial charge in [0, 0.05) is 25.2 Å². The van der Waals surface area contributed by atoms with Gasteiger partial charge in [-0.1, -0.05) is 12.1 Å². The van der Waals surface area contributed by atoms with Crippen molar-refractivity contribution >= 4 is 24.2 Å². The van der Waals surface area contributed by atoms with E-state index in [1.54, 1.807) is 19.1 Å². The summed E-state index contributed by atoms with van der Waals surface area (Å²) in [6, 6.07) is 6.62. The van der Waals surface area contributed by atoms with Crippen LogP contribution in [0.25, 0.3) is 0 Å². The minimum atomic E-state index is -0.496. The number of nitrogens with one attached hydrogen (secondary N) is 1. The van der Waals surface area contributed by atoms with Gasteiger partial charge in [0.05, 0.1) is 0 Å². The van der Waals surface area contributed by atoms with Crippen molar-refractivity contribution in [2.45, 2.75) is 38.8 Å². The van der Waals surface area contributed by atoms with Crippen LogP contribution in [0.2, 0.25) is 0 Å². The number of rotatable bonds is 4. The molecule has 2 rings (SSSR count). The fourth-order valence-corrected chi connectivity index (χ4v) is 2.52.